The lowest BCUT2D eigenvalue weighted by Crippen LogP contribution is -2.07. The third-order valence-corrected chi connectivity index (χ3v) is 0.969. The number of aromatic nitrogens is 1. The Labute approximate surface area is 63.6 Å². The van der Waals surface area contributed by atoms with Gasteiger partial charge in [-0.1, -0.05) is 11.5 Å². The van der Waals surface area contributed by atoms with Gasteiger partial charge in [0.1, 0.15) is 7.85 Å². The zero-order valence-electron chi connectivity index (χ0n) is 5.50. The Morgan fingerprint density at radius 1 is 1.45 bits per heavy atom. The number of hydrogen-bond acceptors (Lipinski definition) is 2. The van der Waals surface area contributed by atoms with Crippen molar-refractivity contribution in [1.29, 1.82) is 0 Å². The molecule has 0 aromatic carbocycles. The molecule has 1 aromatic rings. The predicted octanol–water partition coefficient (Wildman–Crippen LogP) is 0.477. The van der Waals surface area contributed by atoms with Gasteiger partial charge < -0.3 is 4.74 Å². The van der Waals surface area contributed by atoms with Crippen LogP contribution in [0, 0.1) is 0 Å². The van der Waals surface area contributed by atoms with Gasteiger partial charge in [-0.25, -0.2) is 4.98 Å². The Balaban J connectivity index is 2.66. The molecule has 0 fully saturated rings. The summed E-state index contributed by atoms with van der Waals surface area (Å²) in [6, 6.07) is 2.71. The van der Waals surface area contributed by atoms with Crippen molar-refractivity contribution in [1.82, 2.24) is 4.98 Å². The molecule has 1 heterocycles. The molecular weight excluding hydrogens is 151 g/mol. The number of alkyl halides is 2. The van der Waals surface area contributed by atoms with Crippen molar-refractivity contribution >= 4 is 13.3 Å². The van der Waals surface area contributed by atoms with E-state index in [1.807, 2.05) is 0 Å². The molecule has 0 amide bonds. The Hall–Kier alpha value is -1.13. The summed E-state index contributed by atoms with van der Waals surface area (Å²) in [5, 5.41) is 0. The summed E-state index contributed by atoms with van der Waals surface area (Å²) in [4.78, 5) is 3.49. The van der Waals surface area contributed by atoms with Gasteiger partial charge in [0.2, 0.25) is 5.88 Å². The van der Waals surface area contributed by atoms with Crippen LogP contribution in [0.4, 0.5) is 8.78 Å². The lowest BCUT2D eigenvalue weighted by Gasteiger charge is -2.01. The van der Waals surface area contributed by atoms with Gasteiger partial charge in [0.05, 0.1) is 0 Å². The van der Waals surface area contributed by atoms with Crippen LogP contribution < -0.4 is 10.2 Å². The van der Waals surface area contributed by atoms with Crippen molar-refractivity contribution in [2.75, 3.05) is 0 Å². The largest absolute Gasteiger partial charge is 0.417 e. The minimum Gasteiger partial charge on any atom is -0.417 e. The van der Waals surface area contributed by atoms with Crippen LogP contribution in [-0.4, -0.2) is 19.4 Å². The van der Waals surface area contributed by atoms with Crippen molar-refractivity contribution in [3.63, 3.8) is 0 Å². The SMILES string of the molecule is [B]c1ccc(OC(F)F)nc1. The van der Waals surface area contributed by atoms with E-state index in [4.69, 9.17) is 7.85 Å². The molecular formula is C6H4BF2NO. The first-order chi connectivity index (χ1) is 5.18. The summed E-state index contributed by atoms with van der Waals surface area (Å²) in [6.45, 7) is -2.84. The Morgan fingerprint density at radius 3 is 2.64 bits per heavy atom. The number of halogens is 2. The molecule has 1 aromatic heterocycles. The Bertz CT molecular complexity index is 227. The fraction of sp³-hybridized carbons (Fsp3) is 0.167. The zero-order chi connectivity index (χ0) is 8.27. The third-order valence-electron chi connectivity index (χ3n) is 0.969. The van der Waals surface area contributed by atoms with E-state index in [1.54, 1.807) is 0 Å². The van der Waals surface area contributed by atoms with Crippen LogP contribution >= 0.6 is 0 Å². The molecule has 0 aliphatic rings. The van der Waals surface area contributed by atoms with E-state index in [1.165, 1.54) is 18.3 Å². The first-order valence-electron chi connectivity index (χ1n) is 2.85. The molecule has 2 nitrogen and oxygen atoms in total. The number of pyridine rings is 1. The van der Waals surface area contributed by atoms with Crippen LogP contribution in [0.15, 0.2) is 18.3 Å². The van der Waals surface area contributed by atoms with E-state index >= 15 is 0 Å². The summed E-state index contributed by atoms with van der Waals surface area (Å²) in [7, 11) is 5.25. The lowest BCUT2D eigenvalue weighted by atomic mass is 9.99. The maximum Gasteiger partial charge on any atom is 0.388 e. The number of hydrogen-bond donors (Lipinski definition) is 0. The van der Waals surface area contributed by atoms with E-state index in [0.29, 0.717) is 5.46 Å². The summed E-state index contributed by atoms with van der Waals surface area (Å²) < 4.78 is 27.0. The van der Waals surface area contributed by atoms with Crippen LogP contribution in [-0.2, 0) is 0 Å². The van der Waals surface area contributed by atoms with Crippen molar-refractivity contribution in [2.45, 2.75) is 6.61 Å². The summed E-state index contributed by atoms with van der Waals surface area (Å²) in [6.07, 6.45) is 1.25. The average molecular weight is 155 g/mol. The first-order valence-corrected chi connectivity index (χ1v) is 2.85. The average Bonchev–Trinajstić information content (AvgIpc) is 1.93. The molecule has 11 heavy (non-hydrogen) atoms. The van der Waals surface area contributed by atoms with Crippen molar-refractivity contribution in [2.24, 2.45) is 0 Å². The molecule has 0 saturated carbocycles. The Morgan fingerprint density at radius 2 is 2.18 bits per heavy atom. The van der Waals surface area contributed by atoms with Crippen molar-refractivity contribution in [3.8, 4) is 5.88 Å². The predicted molar refractivity (Wildman–Crippen MR) is 36.3 cm³/mol. The molecule has 0 unspecified atom stereocenters. The highest BCUT2D eigenvalue weighted by Gasteiger charge is 2.03. The van der Waals surface area contributed by atoms with Crippen LogP contribution in [0.25, 0.3) is 0 Å². The van der Waals surface area contributed by atoms with Gasteiger partial charge in [-0.05, 0) is 6.07 Å². The van der Waals surface area contributed by atoms with Crippen LogP contribution in [0.2, 0.25) is 0 Å². The molecule has 0 saturated heterocycles. The topological polar surface area (TPSA) is 22.1 Å². The maximum absolute atomic E-state index is 11.5. The molecule has 0 aliphatic carbocycles. The van der Waals surface area contributed by atoms with Crippen LogP contribution in [0.1, 0.15) is 0 Å². The molecule has 0 bridgehead atoms. The maximum atomic E-state index is 11.5. The van der Waals surface area contributed by atoms with Gasteiger partial charge in [-0.15, -0.1) is 0 Å². The second kappa shape index (κ2) is 3.32. The highest BCUT2D eigenvalue weighted by atomic mass is 19.3. The number of ether oxygens (including phenoxy) is 1. The first kappa shape index (κ1) is 7.98. The minimum atomic E-state index is -2.84. The van der Waals surface area contributed by atoms with E-state index in [2.05, 4.69) is 9.72 Å². The molecule has 0 spiro atoms. The van der Waals surface area contributed by atoms with E-state index in [9.17, 15) is 8.78 Å². The van der Waals surface area contributed by atoms with Crippen molar-refractivity contribution in [3.05, 3.63) is 18.3 Å². The van der Waals surface area contributed by atoms with Crippen molar-refractivity contribution < 1.29 is 13.5 Å². The van der Waals surface area contributed by atoms with Crippen LogP contribution in [0.5, 0.6) is 5.88 Å². The van der Waals surface area contributed by atoms with Crippen LogP contribution in [0.3, 0.4) is 0 Å². The van der Waals surface area contributed by atoms with Gasteiger partial charge in [0, 0.05) is 6.20 Å². The minimum absolute atomic E-state index is 0.130. The highest BCUT2D eigenvalue weighted by Crippen LogP contribution is 2.06. The van der Waals surface area contributed by atoms with E-state index in [0.717, 1.165) is 0 Å². The smallest absolute Gasteiger partial charge is 0.388 e. The summed E-state index contributed by atoms with van der Waals surface area (Å²) >= 11 is 0. The van der Waals surface area contributed by atoms with E-state index in [-0.39, 0.29) is 5.88 Å². The molecule has 56 valence electrons. The van der Waals surface area contributed by atoms with Gasteiger partial charge in [-0.3, -0.25) is 0 Å². The van der Waals surface area contributed by atoms with Gasteiger partial charge in [0.15, 0.2) is 0 Å². The fourth-order valence-electron chi connectivity index (χ4n) is 0.553. The summed E-state index contributed by atoms with van der Waals surface area (Å²) in [5.74, 6) is -0.130. The third kappa shape index (κ3) is 2.53. The fourth-order valence-corrected chi connectivity index (χ4v) is 0.553. The zero-order valence-corrected chi connectivity index (χ0v) is 5.50. The second-order valence-corrected chi connectivity index (χ2v) is 1.81. The van der Waals surface area contributed by atoms with Gasteiger partial charge in [0.25, 0.3) is 0 Å². The molecule has 0 aliphatic heterocycles. The van der Waals surface area contributed by atoms with E-state index < -0.39 is 6.61 Å². The standard InChI is InChI=1S/C6H4BF2NO/c7-4-1-2-5(10-3-4)11-6(8)9/h1-3,6H. The normalized spacial score (nSPS) is 10.1. The molecule has 0 N–H and O–H groups in total. The molecule has 1 rings (SSSR count). The number of rotatable bonds is 2. The molecule has 5 heteroatoms. The Kier molecular flexibility index (Phi) is 2.41. The lowest BCUT2D eigenvalue weighted by molar-refractivity contribution is -0.0528. The van der Waals surface area contributed by atoms with Gasteiger partial charge in [-0.2, -0.15) is 8.78 Å². The summed E-state index contributed by atoms with van der Waals surface area (Å²) in [5.41, 5.74) is 0.409. The monoisotopic (exact) mass is 155 g/mol. The van der Waals surface area contributed by atoms with Gasteiger partial charge >= 0.3 is 6.61 Å². The number of nitrogens with zero attached hydrogens (tertiary/aromatic N) is 1. The molecule has 0 atom stereocenters. The quantitative estimate of drug-likeness (QED) is 0.579. The molecule has 2 radical (unpaired) electrons. The second-order valence-electron chi connectivity index (χ2n) is 1.81. The highest BCUT2D eigenvalue weighted by molar-refractivity contribution is 6.32.